The molecule has 0 heterocycles. The molecule has 0 aliphatic rings. The monoisotopic (exact) mass is 393 g/mol. The van der Waals surface area contributed by atoms with Gasteiger partial charge in [-0.05, 0) is 42.5 Å². The molecular formula is C16H12ClN3O5S. The van der Waals surface area contributed by atoms with Crippen molar-refractivity contribution in [2.45, 2.75) is 4.90 Å². The number of anilines is 2. The maximum atomic E-state index is 12.1. The number of benzene rings is 2. The van der Waals surface area contributed by atoms with Gasteiger partial charge in [-0.15, -0.1) is 0 Å². The largest absolute Gasteiger partial charge is 0.506 e. The Labute approximate surface area is 154 Å². The summed E-state index contributed by atoms with van der Waals surface area (Å²) < 4.78 is 30.8. The summed E-state index contributed by atoms with van der Waals surface area (Å²) in [4.78, 5) is 11.8. The third kappa shape index (κ3) is 4.97. The molecular weight excluding hydrogens is 382 g/mol. The maximum Gasteiger partial charge on any atom is 0.294 e. The van der Waals surface area contributed by atoms with Crippen LogP contribution in [0, 0.1) is 11.3 Å². The summed E-state index contributed by atoms with van der Waals surface area (Å²) in [6.45, 7) is 0. The fraction of sp³-hybridized carbons (Fsp3) is 0. The van der Waals surface area contributed by atoms with Gasteiger partial charge in [-0.25, -0.2) is 0 Å². The second kappa shape index (κ2) is 7.88. The highest BCUT2D eigenvalue weighted by atomic mass is 35.5. The predicted octanol–water partition coefficient (Wildman–Crippen LogP) is 2.75. The van der Waals surface area contributed by atoms with Gasteiger partial charge in [0.25, 0.3) is 16.0 Å². The van der Waals surface area contributed by atoms with Crippen molar-refractivity contribution in [2.24, 2.45) is 0 Å². The number of carbonyl (C=O) groups is 1. The van der Waals surface area contributed by atoms with Crippen molar-refractivity contribution in [2.75, 3.05) is 10.6 Å². The molecule has 0 aliphatic carbocycles. The molecule has 1 amide bonds. The zero-order valence-corrected chi connectivity index (χ0v) is 14.5. The Hall–Kier alpha value is -3.06. The topological polar surface area (TPSA) is 140 Å². The molecule has 2 rings (SSSR count). The van der Waals surface area contributed by atoms with Crippen LogP contribution in [0.4, 0.5) is 11.4 Å². The summed E-state index contributed by atoms with van der Waals surface area (Å²) in [5, 5.41) is 24.1. The number of hydrogen-bond acceptors (Lipinski definition) is 6. The zero-order valence-electron chi connectivity index (χ0n) is 13.0. The predicted molar refractivity (Wildman–Crippen MR) is 95.3 cm³/mol. The molecule has 0 saturated carbocycles. The summed E-state index contributed by atoms with van der Waals surface area (Å²) in [5.41, 5.74) is 0.118. The first kappa shape index (κ1) is 19.3. The number of hydrogen-bond donors (Lipinski definition) is 4. The van der Waals surface area contributed by atoms with Crippen LogP contribution in [-0.4, -0.2) is 24.0 Å². The van der Waals surface area contributed by atoms with Crippen molar-refractivity contribution in [3.63, 3.8) is 0 Å². The van der Waals surface area contributed by atoms with Gasteiger partial charge >= 0.3 is 0 Å². The minimum atomic E-state index is -4.34. The number of nitriles is 1. The maximum absolute atomic E-state index is 12.1. The Balaban J connectivity index is 2.13. The molecule has 0 aliphatic heterocycles. The minimum absolute atomic E-state index is 0.121. The van der Waals surface area contributed by atoms with Gasteiger partial charge in [-0.2, -0.15) is 13.7 Å². The van der Waals surface area contributed by atoms with Gasteiger partial charge in [-0.1, -0.05) is 11.6 Å². The number of nitrogens with one attached hydrogen (secondary N) is 2. The van der Waals surface area contributed by atoms with E-state index in [9.17, 15) is 18.3 Å². The number of nitrogens with zero attached hydrogens (tertiary/aromatic N) is 1. The van der Waals surface area contributed by atoms with E-state index in [1.807, 2.05) is 0 Å². The van der Waals surface area contributed by atoms with Crippen LogP contribution in [0.15, 0.2) is 59.1 Å². The highest BCUT2D eigenvalue weighted by molar-refractivity contribution is 7.85. The lowest BCUT2D eigenvalue weighted by Gasteiger charge is -2.07. The second-order valence-corrected chi connectivity index (χ2v) is 6.79. The SMILES string of the molecule is N#C/C(=C/Nc1cc(Cl)ccc1O)C(=O)Nc1ccc(S(=O)(=O)O)cc1. The van der Waals surface area contributed by atoms with Crippen molar-refractivity contribution >= 4 is 39.0 Å². The molecule has 4 N–H and O–H groups in total. The average molecular weight is 394 g/mol. The molecule has 0 fully saturated rings. The van der Waals surface area contributed by atoms with E-state index < -0.39 is 16.0 Å². The molecule has 0 radical (unpaired) electrons. The van der Waals surface area contributed by atoms with Crippen molar-refractivity contribution < 1.29 is 22.9 Å². The van der Waals surface area contributed by atoms with Crippen LogP contribution in [-0.2, 0) is 14.9 Å². The minimum Gasteiger partial charge on any atom is -0.506 e. The lowest BCUT2D eigenvalue weighted by molar-refractivity contribution is -0.112. The lowest BCUT2D eigenvalue weighted by atomic mass is 10.2. The standard InChI is InChI=1S/C16H12ClN3O5S/c17-11-1-6-15(21)14(7-11)19-9-10(8-18)16(22)20-12-2-4-13(5-3-12)26(23,24)25/h1-7,9,19,21H,(H,20,22)(H,23,24,25)/b10-9-. The van der Waals surface area contributed by atoms with Crippen LogP contribution < -0.4 is 10.6 Å². The Morgan fingerprint density at radius 2 is 1.85 bits per heavy atom. The molecule has 0 saturated heterocycles. The summed E-state index contributed by atoms with van der Waals surface area (Å²) in [5.74, 6) is -0.884. The lowest BCUT2D eigenvalue weighted by Crippen LogP contribution is -2.14. The average Bonchev–Trinajstić information content (AvgIpc) is 2.58. The molecule has 2 aromatic rings. The Bertz CT molecular complexity index is 1010. The smallest absolute Gasteiger partial charge is 0.294 e. The van der Waals surface area contributed by atoms with E-state index in [0.717, 1.165) is 18.3 Å². The van der Waals surface area contributed by atoms with Gasteiger partial charge in [0.1, 0.15) is 17.4 Å². The van der Waals surface area contributed by atoms with Gasteiger partial charge in [-0.3, -0.25) is 9.35 Å². The second-order valence-electron chi connectivity index (χ2n) is 4.93. The molecule has 0 atom stereocenters. The number of carbonyl (C=O) groups excluding carboxylic acids is 1. The first-order valence-corrected chi connectivity index (χ1v) is 8.77. The van der Waals surface area contributed by atoms with E-state index in [1.165, 1.54) is 30.3 Å². The van der Waals surface area contributed by atoms with Gasteiger partial charge < -0.3 is 15.7 Å². The highest BCUT2D eigenvalue weighted by Crippen LogP contribution is 2.26. The van der Waals surface area contributed by atoms with Gasteiger partial charge in [0.05, 0.1) is 10.6 Å². The number of halogens is 1. The Morgan fingerprint density at radius 3 is 2.42 bits per heavy atom. The Morgan fingerprint density at radius 1 is 1.19 bits per heavy atom. The van der Waals surface area contributed by atoms with Crippen LogP contribution in [0.1, 0.15) is 0 Å². The Kier molecular flexibility index (Phi) is 5.84. The fourth-order valence-electron chi connectivity index (χ4n) is 1.83. The summed E-state index contributed by atoms with van der Waals surface area (Å²) >= 11 is 5.80. The van der Waals surface area contributed by atoms with E-state index >= 15 is 0 Å². The van der Waals surface area contributed by atoms with E-state index in [2.05, 4.69) is 10.6 Å². The number of phenols is 1. The summed E-state index contributed by atoms with van der Waals surface area (Å²) in [7, 11) is -4.34. The highest BCUT2D eigenvalue weighted by Gasteiger charge is 2.12. The molecule has 134 valence electrons. The number of rotatable bonds is 5. The molecule has 0 aromatic heterocycles. The van der Waals surface area contributed by atoms with Crippen LogP contribution in [0.2, 0.25) is 5.02 Å². The molecule has 0 unspecified atom stereocenters. The molecule has 2 aromatic carbocycles. The van der Waals surface area contributed by atoms with Crippen molar-refractivity contribution in [3.05, 3.63) is 59.3 Å². The van der Waals surface area contributed by atoms with Gasteiger partial charge in [0.15, 0.2) is 0 Å². The van der Waals surface area contributed by atoms with Crippen molar-refractivity contribution in [3.8, 4) is 11.8 Å². The van der Waals surface area contributed by atoms with Crippen LogP contribution in [0.5, 0.6) is 5.75 Å². The number of amides is 1. The third-order valence-electron chi connectivity index (χ3n) is 3.11. The van der Waals surface area contributed by atoms with Gasteiger partial charge in [0.2, 0.25) is 0 Å². The first-order chi connectivity index (χ1) is 12.2. The van der Waals surface area contributed by atoms with Gasteiger partial charge in [0, 0.05) is 16.9 Å². The van der Waals surface area contributed by atoms with Crippen molar-refractivity contribution in [1.82, 2.24) is 0 Å². The van der Waals surface area contributed by atoms with Crippen LogP contribution >= 0.6 is 11.6 Å². The van der Waals surface area contributed by atoms with Crippen LogP contribution in [0.25, 0.3) is 0 Å². The fourth-order valence-corrected chi connectivity index (χ4v) is 2.48. The van der Waals surface area contributed by atoms with E-state index in [4.69, 9.17) is 21.4 Å². The molecule has 8 nitrogen and oxygen atoms in total. The van der Waals surface area contributed by atoms with Crippen molar-refractivity contribution in [1.29, 1.82) is 5.26 Å². The molecule has 10 heteroatoms. The zero-order chi connectivity index (χ0) is 19.3. The van der Waals surface area contributed by atoms with E-state index in [-0.39, 0.29) is 27.6 Å². The summed E-state index contributed by atoms with van der Waals surface area (Å²) in [6, 6.07) is 10.6. The quantitative estimate of drug-likeness (QED) is 0.265. The normalized spacial score (nSPS) is 11.5. The third-order valence-corrected chi connectivity index (χ3v) is 4.21. The number of aromatic hydroxyl groups is 1. The first-order valence-electron chi connectivity index (χ1n) is 6.95. The number of phenolic OH excluding ortho intramolecular Hbond substituents is 1. The molecule has 26 heavy (non-hydrogen) atoms. The molecule has 0 bridgehead atoms. The van der Waals surface area contributed by atoms with E-state index in [0.29, 0.717) is 5.02 Å². The van der Waals surface area contributed by atoms with E-state index in [1.54, 1.807) is 6.07 Å². The van der Waals surface area contributed by atoms with Crippen LogP contribution in [0.3, 0.4) is 0 Å². The molecule has 0 spiro atoms. The summed E-state index contributed by atoms with van der Waals surface area (Å²) in [6.07, 6.45) is 1.09.